The quantitative estimate of drug-likeness (QED) is 0.732. The van der Waals surface area contributed by atoms with Gasteiger partial charge in [0.05, 0.1) is 13.2 Å². The molecule has 6 heteroatoms. The van der Waals surface area contributed by atoms with Gasteiger partial charge in [0.1, 0.15) is 5.75 Å². The molecule has 1 aliphatic rings. The summed E-state index contributed by atoms with van der Waals surface area (Å²) in [6, 6.07) is 14.7. The second kappa shape index (κ2) is 9.15. The van der Waals surface area contributed by atoms with E-state index in [1.54, 1.807) is 37.6 Å². The van der Waals surface area contributed by atoms with E-state index >= 15 is 0 Å². The molecule has 0 aliphatic carbocycles. The first-order chi connectivity index (χ1) is 13.1. The minimum absolute atomic E-state index is 0.0612. The number of carbonyl (C=O) groups excluding carboxylic acids is 1. The minimum Gasteiger partial charge on any atom is -0.496 e. The molecule has 0 spiro atoms. The number of nitrogens with zero attached hydrogens (tertiary/aromatic N) is 1. The number of benzene rings is 2. The summed E-state index contributed by atoms with van der Waals surface area (Å²) in [5, 5.41) is 0. The van der Waals surface area contributed by atoms with Crippen molar-refractivity contribution in [3.8, 4) is 5.75 Å². The van der Waals surface area contributed by atoms with E-state index in [1.165, 1.54) is 0 Å². The average Bonchev–Trinajstić information content (AvgIpc) is 3.20. The topological polar surface area (TPSA) is 55.8 Å². The van der Waals surface area contributed by atoms with E-state index in [0.717, 1.165) is 30.8 Å². The van der Waals surface area contributed by atoms with Crippen LogP contribution in [0.4, 0.5) is 0 Å². The predicted molar refractivity (Wildman–Crippen MR) is 105 cm³/mol. The first kappa shape index (κ1) is 19.6. The SMILES string of the molecule is COc1ccccc1CN(CC1CCCO1)C(=O)c1ccc(S(C)=O)cc1. The first-order valence-corrected chi connectivity index (χ1v) is 10.6. The molecular formula is C21H25NO4S. The molecule has 0 aromatic heterocycles. The van der Waals surface area contributed by atoms with Crippen LogP contribution in [0.2, 0.25) is 0 Å². The van der Waals surface area contributed by atoms with E-state index in [9.17, 15) is 9.00 Å². The van der Waals surface area contributed by atoms with Crippen LogP contribution in [0.1, 0.15) is 28.8 Å². The molecule has 2 unspecified atom stereocenters. The van der Waals surface area contributed by atoms with Gasteiger partial charge in [-0.3, -0.25) is 9.00 Å². The van der Waals surface area contributed by atoms with Crippen molar-refractivity contribution in [1.82, 2.24) is 4.90 Å². The number of para-hydroxylation sites is 1. The van der Waals surface area contributed by atoms with Gasteiger partial charge < -0.3 is 14.4 Å². The highest BCUT2D eigenvalue weighted by atomic mass is 32.2. The predicted octanol–water partition coefficient (Wildman–Crippen LogP) is 3.25. The normalized spacial score (nSPS) is 17.5. The average molecular weight is 388 g/mol. The van der Waals surface area contributed by atoms with Crippen molar-refractivity contribution in [3.05, 3.63) is 59.7 Å². The Kier molecular flexibility index (Phi) is 6.63. The van der Waals surface area contributed by atoms with Crippen LogP contribution >= 0.6 is 0 Å². The highest BCUT2D eigenvalue weighted by Gasteiger charge is 2.24. The van der Waals surface area contributed by atoms with Crippen LogP contribution in [0.25, 0.3) is 0 Å². The van der Waals surface area contributed by atoms with Gasteiger partial charge in [-0.1, -0.05) is 18.2 Å². The fraction of sp³-hybridized carbons (Fsp3) is 0.381. The second-order valence-corrected chi connectivity index (χ2v) is 7.99. The highest BCUT2D eigenvalue weighted by Crippen LogP contribution is 2.23. The Morgan fingerprint density at radius 3 is 2.59 bits per heavy atom. The maximum atomic E-state index is 13.2. The van der Waals surface area contributed by atoms with E-state index in [0.29, 0.717) is 23.5 Å². The monoisotopic (exact) mass is 387 g/mol. The summed E-state index contributed by atoms with van der Waals surface area (Å²) in [5.74, 6) is 0.698. The lowest BCUT2D eigenvalue weighted by Crippen LogP contribution is -2.37. The van der Waals surface area contributed by atoms with Crippen LogP contribution in [-0.4, -0.2) is 47.6 Å². The molecule has 5 nitrogen and oxygen atoms in total. The van der Waals surface area contributed by atoms with Gasteiger partial charge in [0.15, 0.2) is 0 Å². The molecular weight excluding hydrogens is 362 g/mol. The highest BCUT2D eigenvalue weighted by molar-refractivity contribution is 7.84. The molecule has 144 valence electrons. The van der Waals surface area contributed by atoms with Gasteiger partial charge in [-0.05, 0) is 43.2 Å². The number of carbonyl (C=O) groups is 1. The van der Waals surface area contributed by atoms with Crippen molar-refractivity contribution in [3.63, 3.8) is 0 Å². The zero-order valence-corrected chi connectivity index (χ0v) is 16.5. The summed E-state index contributed by atoms with van der Waals surface area (Å²) in [7, 11) is 0.571. The van der Waals surface area contributed by atoms with Crippen molar-refractivity contribution >= 4 is 16.7 Å². The third-order valence-corrected chi connectivity index (χ3v) is 5.66. The molecule has 2 aromatic rings. The number of rotatable bonds is 7. The van der Waals surface area contributed by atoms with E-state index in [4.69, 9.17) is 9.47 Å². The van der Waals surface area contributed by atoms with Crippen molar-refractivity contribution in [2.24, 2.45) is 0 Å². The van der Waals surface area contributed by atoms with Crippen molar-refractivity contribution in [1.29, 1.82) is 0 Å². The van der Waals surface area contributed by atoms with Gasteiger partial charge >= 0.3 is 0 Å². The summed E-state index contributed by atoms with van der Waals surface area (Å²) < 4.78 is 22.8. The molecule has 1 aliphatic heterocycles. The molecule has 3 rings (SSSR count). The van der Waals surface area contributed by atoms with Gasteiger partial charge in [0, 0.05) is 52.8 Å². The van der Waals surface area contributed by atoms with Gasteiger partial charge in [0.2, 0.25) is 0 Å². The smallest absolute Gasteiger partial charge is 0.254 e. The third-order valence-electron chi connectivity index (χ3n) is 4.72. The minimum atomic E-state index is -1.06. The fourth-order valence-corrected chi connectivity index (χ4v) is 3.78. The van der Waals surface area contributed by atoms with Crippen LogP contribution < -0.4 is 4.74 Å². The summed E-state index contributed by atoms with van der Waals surface area (Å²) in [6.07, 6.45) is 3.68. The van der Waals surface area contributed by atoms with Crippen LogP contribution in [0.3, 0.4) is 0 Å². The van der Waals surface area contributed by atoms with Crippen LogP contribution in [0, 0.1) is 0 Å². The molecule has 1 fully saturated rings. The van der Waals surface area contributed by atoms with Crippen LogP contribution in [0.5, 0.6) is 5.75 Å². The summed E-state index contributed by atoms with van der Waals surface area (Å²) >= 11 is 0. The summed E-state index contributed by atoms with van der Waals surface area (Å²) in [4.78, 5) is 15.7. The molecule has 2 atom stereocenters. The Balaban J connectivity index is 1.83. The van der Waals surface area contributed by atoms with Crippen molar-refractivity contribution < 1.29 is 18.5 Å². The maximum absolute atomic E-state index is 13.2. The first-order valence-electron chi connectivity index (χ1n) is 9.04. The largest absolute Gasteiger partial charge is 0.496 e. The van der Waals surface area contributed by atoms with Gasteiger partial charge in [-0.15, -0.1) is 0 Å². The fourth-order valence-electron chi connectivity index (χ4n) is 3.26. The molecule has 0 radical (unpaired) electrons. The number of hydrogen-bond donors (Lipinski definition) is 0. The maximum Gasteiger partial charge on any atom is 0.254 e. The Bertz CT molecular complexity index is 800. The molecule has 0 bridgehead atoms. The number of methoxy groups -OCH3 is 1. The zero-order chi connectivity index (χ0) is 19.2. The van der Waals surface area contributed by atoms with Gasteiger partial charge in [-0.2, -0.15) is 0 Å². The number of hydrogen-bond acceptors (Lipinski definition) is 4. The van der Waals surface area contributed by atoms with Crippen LogP contribution in [0.15, 0.2) is 53.4 Å². The van der Waals surface area contributed by atoms with Crippen molar-refractivity contribution in [2.75, 3.05) is 26.5 Å². The van der Waals surface area contributed by atoms with E-state index < -0.39 is 10.8 Å². The standard InChI is InChI=1S/C21H25NO4S/c1-25-20-8-4-3-6-17(20)14-22(15-18-7-5-13-26-18)21(23)16-9-11-19(12-10-16)27(2)24/h3-4,6,8-12,18H,5,7,13-15H2,1-2H3. The van der Waals surface area contributed by atoms with E-state index in [-0.39, 0.29) is 12.0 Å². The zero-order valence-electron chi connectivity index (χ0n) is 15.7. The van der Waals surface area contributed by atoms with Gasteiger partial charge in [0.25, 0.3) is 5.91 Å². The summed E-state index contributed by atoms with van der Waals surface area (Å²) in [6.45, 7) is 1.74. The van der Waals surface area contributed by atoms with Crippen LogP contribution in [-0.2, 0) is 22.1 Å². The Hall–Kier alpha value is -2.18. The molecule has 27 heavy (non-hydrogen) atoms. The van der Waals surface area contributed by atoms with E-state index in [2.05, 4.69) is 0 Å². The molecule has 1 heterocycles. The Morgan fingerprint density at radius 1 is 1.22 bits per heavy atom. The second-order valence-electron chi connectivity index (χ2n) is 6.61. The lowest BCUT2D eigenvalue weighted by molar-refractivity contribution is 0.0505. The molecule has 2 aromatic carbocycles. The Morgan fingerprint density at radius 2 is 1.96 bits per heavy atom. The molecule has 0 N–H and O–H groups in total. The molecule has 1 amide bonds. The molecule has 1 saturated heterocycles. The number of ether oxygens (including phenoxy) is 2. The third kappa shape index (κ3) is 4.96. The molecule has 0 saturated carbocycles. The van der Waals surface area contributed by atoms with Crippen molar-refractivity contribution in [2.45, 2.75) is 30.4 Å². The number of amides is 1. The lowest BCUT2D eigenvalue weighted by Gasteiger charge is -2.26. The van der Waals surface area contributed by atoms with Gasteiger partial charge in [-0.25, -0.2) is 0 Å². The Labute approximate surface area is 162 Å². The lowest BCUT2D eigenvalue weighted by atomic mass is 10.1. The summed E-state index contributed by atoms with van der Waals surface area (Å²) in [5.41, 5.74) is 1.54. The van der Waals surface area contributed by atoms with E-state index in [1.807, 2.05) is 29.2 Å².